The Balaban J connectivity index is 1.42. The summed E-state index contributed by atoms with van der Waals surface area (Å²) >= 11 is 6.26. The average molecular weight is 514 g/mol. The number of hydrogen-bond acceptors (Lipinski definition) is 5. The SMILES string of the molecule is COc1cc(N2CCN3[C@@H](CCC[C@@H]3c3ccc(OCCCN(C)C(C)=O)c(C)c3C)C2)ccc1Cl. The van der Waals surface area contributed by atoms with Crippen molar-refractivity contribution in [2.75, 3.05) is 51.8 Å². The first-order chi connectivity index (χ1) is 17.3. The van der Waals surface area contributed by atoms with E-state index in [2.05, 4.69) is 47.9 Å². The minimum atomic E-state index is 0.0888. The molecular weight excluding hydrogens is 474 g/mol. The van der Waals surface area contributed by atoms with Crippen LogP contribution in [-0.2, 0) is 4.79 Å². The number of nitrogens with zero attached hydrogens (tertiary/aromatic N) is 3. The zero-order chi connectivity index (χ0) is 25.8. The number of carbonyl (C=O) groups excluding carboxylic acids is 1. The van der Waals surface area contributed by atoms with E-state index in [-0.39, 0.29) is 5.91 Å². The van der Waals surface area contributed by atoms with Gasteiger partial charge in [0, 0.05) is 64.0 Å². The number of ether oxygens (including phenoxy) is 2. The number of methoxy groups -OCH3 is 1. The number of piperazine rings is 1. The molecule has 0 N–H and O–H groups in total. The summed E-state index contributed by atoms with van der Waals surface area (Å²) in [6, 6.07) is 11.5. The molecule has 36 heavy (non-hydrogen) atoms. The van der Waals surface area contributed by atoms with Crippen LogP contribution < -0.4 is 14.4 Å². The molecule has 196 valence electrons. The van der Waals surface area contributed by atoms with Crippen molar-refractivity contribution < 1.29 is 14.3 Å². The summed E-state index contributed by atoms with van der Waals surface area (Å²) in [5.74, 6) is 1.78. The second kappa shape index (κ2) is 11.7. The van der Waals surface area contributed by atoms with Crippen molar-refractivity contribution >= 4 is 23.2 Å². The van der Waals surface area contributed by atoms with Gasteiger partial charge in [0.05, 0.1) is 18.7 Å². The van der Waals surface area contributed by atoms with E-state index in [4.69, 9.17) is 21.1 Å². The van der Waals surface area contributed by atoms with Gasteiger partial charge < -0.3 is 19.3 Å². The normalized spacial score (nSPS) is 20.1. The van der Waals surface area contributed by atoms with Gasteiger partial charge >= 0.3 is 0 Å². The molecule has 2 fully saturated rings. The molecule has 1 amide bonds. The molecule has 2 aliphatic heterocycles. The number of fused-ring (bicyclic) bond motifs is 1. The molecule has 0 aromatic heterocycles. The molecule has 0 spiro atoms. The Morgan fingerprint density at radius 3 is 2.67 bits per heavy atom. The molecule has 0 bridgehead atoms. The van der Waals surface area contributed by atoms with E-state index in [1.54, 1.807) is 18.9 Å². The van der Waals surface area contributed by atoms with Gasteiger partial charge in [-0.2, -0.15) is 0 Å². The van der Waals surface area contributed by atoms with Crippen molar-refractivity contribution in [1.82, 2.24) is 9.80 Å². The summed E-state index contributed by atoms with van der Waals surface area (Å²) in [5, 5.41) is 0.652. The highest BCUT2D eigenvalue weighted by atomic mass is 35.5. The number of piperidine rings is 1. The molecule has 2 atom stereocenters. The molecule has 0 aliphatic carbocycles. The fraction of sp³-hybridized carbons (Fsp3) is 0.552. The maximum atomic E-state index is 11.4. The molecule has 6 nitrogen and oxygen atoms in total. The molecule has 0 radical (unpaired) electrons. The highest BCUT2D eigenvalue weighted by Gasteiger charge is 2.36. The Morgan fingerprint density at radius 1 is 1.11 bits per heavy atom. The Kier molecular flexibility index (Phi) is 8.68. The number of carbonyl (C=O) groups is 1. The third-order valence-electron chi connectivity index (χ3n) is 8.01. The third-order valence-corrected chi connectivity index (χ3v) is 8.33. The smallest absolute Gasteiger partial charge is 0.219 e. The van der Waals surface area contributed by atoms with Crippen LogP contribution in [0, 0.1) is 13.8 Å². The summed E-state index contributed by atoms with van der Waals surface area (Å²) in [6.45, 7) is 10.4. The van der Waals surface area contributed by atoms with Gasteiger partial charge in [-0.05, 0) is 74.4 Å². The van der Waals surface area contributed by atoms with E-state index >= 15 is 0 Å². The molecule has 0 saturated carbocycles. The highest BCUT2D eigenvalue weighted by molar-refractivity contribution is 6.32. The molecule has 2 aromatic rings. The van der Waals surface area contributed by atoms with E-state index in [9.17, 15) is 4.79 Å². The Labute approximate surface area is 221 Å². The number of rotatable bonds is 8. The quantitative estimate of drug-likeness (QED) is 0.428. The Bertz CT molecular complexity index is 1080. The zero-order valence-electron chi connectivity index (χ0n) is 22.3. The van der Waals surface area contributed by atoms with Crippen LogP contribution in [0.25, 0.3) is 0 Å². The van der Waals surface area contributed by atoms with Gasteiger partial charge in [0.2, 0.25) is 5.91 Å². The van der Waals surface area contributed by atoms with Crippen LogP contribution in [0.1, 0.15) is 55.3 Å². The summed E-state index contributed by atoms with van der Waals surface area (Å²) in [7, 11) is 3.50. The van der Waals surface area contributed by atoms with Gasteiger partial charge in [-0.15, -0.1) is 0 Å². The van der Waals surface area contributed by atoms with Crippen molar-refractivity contribution in [3.63, 3.8) is 0 Å². The number of anilines is 1. The van der Waals surface area contributed by atoms with E-state index in [0.717, 1.165) is 37.6 Å². The van der Waals surface area contributed by atoms with Crippen LogP contribution in [0.3, 0.4) is 0 Å². The van der Waals surface area contributed by atoms with Crippen molar-refractivity contribution in [3.05, 3.63) is 52.0 Å². The zero-order valence-corrected chi connectivity index (χ0v) is 23.1. The van der Waals surface area contributed by atoms with Gasteiger partial charge in [0.15, 0.2) is 0 Å². The first-order valence-electron chi connectivity index (χ1n) is 13.1. The second-order valence-electron chi connectivity index (χ2n) is 10.1. The van der Waals surface area contributed by atoms with E-state index < -0.39 is 0 Å². The maximum absolute atomic E-state index is 11.4. The Hall–Kier alpha value is -2.44. The molecule has 4 rings (SSSR count). The predicted molar refractivity (Wildman–Crippen MR) is 147 cm³/mol. The van der Waals surface area contributed by atoms with Crippen LogP contribution in [0.2, 0.25) is 5.02 Å². The average Bonchev–Trinajstić information content (AvgIpc) is 2.88. The van der Waals surface area contributed by atoms with Crippen molar-refractivity contribution in [2.24, 2.45) is 0 Å². The predicted octanol–water partition coefficient (Wildman–Crippen LogP) is 5.63. The maximum Gasteiger partial charge on any atom is 0.219 e. The first-order valence-corrected chi connectivity index (χ1v) is 13.5. The second-order valence-corrected chi connectivity index (χ2v) is 10.6. The lowest BCUT2D eigenvalue weighted by molar-refractivity contribution is -0.127. The molecule has 2 heterocycles. The van der Waals surface area contributed by atoms with Gasteiger partial charge in [-0.25, -0.2) is 0 Å². The van der Waals surface area contributed by atoms with Gasteiger partial charge in [0.25, 0.3) is 0 Å². The highest BCUT2D eigenvalue weighted by Crippen LogP contribution is 2.40. The third kappa shape index (κ3) is 5.76. The van der Waals surface area contributed by atoms with Crippen molar-refractivity contribution in [3.8, 4) is 11.5 Å². The van der Waals surface area contributed by atoms with Gasteiger partial charge in [-0.1, -0.05) is 17.7 Å². The lowest BCUT2D eigenvalue weighted by atomic mass is 9.86. The molecule has 7 heteroatoms. The van der Waals surface area contributed by atoms with Gasteiger partial charge in [-0.3, -0.25) is 9.69 Å². The minimum Gasteiger partial charge on any atom is -0.495 e. The number of benzene rings is 2. The van der Waals surface area contributed by atoms with Crippen LogP contribution >= 0.6 is 11.6 Å². The summed E-state index contributed by atoms with van der Waals surface area (Å²) < 4.78 is 11.6. The van der Waals surface area contributed by atoms with E-state index in [1.165, 1.54) is 41.6 Å². The fourth-order valence-corrected chi connectivity index (χ4v) is 5.83. The molecule has 2 aliphatic rings. The lowest BCUT2D eigenvalue weighted by Gasteiger charge is -2.49. The molecule has 0 unspecified atom stereocenters. The number of hydrogen-bond donors (Lipinski definition) is 0. The van der Waals surface area contributed by atoms with Crippen molar-refractivity contribution in [2.45, 2.75) is 58.5 Å². The summed E-state index contributed by atoms with van der Waals surface area (Å²) in [4.78, 5) is 18.3. The van der Waals surface area contributed by atoms with Gasteiger partial charge in [0.1, 0.15) is 11.5 Å². The fourth-order valence-electron chi connectivity index (χ4n) is 5.64. The summed E-state index contributed by atoms with van der Waals surface area (Å²) in [6.07, 6.45) is 4.49. The monoisotopic (exact) mass is 513 g/mol. The van der Waals surface area contributed by atoms with Crippen LogP contribution in [0.5, 0.6) is 11.5 Å². The number of halogens is 1. The van der Waals surface area contributed by atoms with Crippen LogP contribution in [0.4, 0.5) is 5.69 Å². The Morgan fingerprint density at radius 2 is 1.92 bits per heavy atom. The first kappa shape index (κ1) is 26.6. The lowest BCUT2D eigenvalue weighted by Crippen LogP contribution is -2.56. The van der Waals surface area contributed by atoms with Crippen molar-refractivity contribution in [1.29, 1.82) is 0 Å². The standard InChI is InChI=1S/C29H40ClN3O3/c1-20-21(2)28(36-17-7-14-31(4)22(3)34)13-11-25(20)27-9-6-8-24-19-32(15-16-33(24)27)23-10-12-26(30)29(18-23)35-5/h10-13,18,24,27H,6-9,14-17,19H2,1-5H3/t24-,27+/m0/s1. The van der Waals surface area contributed by atoms with E-state index in [0.29, 0.717) is 30.3 Å². The summed E-state index contributed by atoms with van der Waals surface area (Å²) in [5.41, 5.74) is 5.17. The minimum absolute atomic E-state index is 0.0888. The topological polar surface area (TPSA) is 45.2 Å². The molecule has 2 aromatic carbocycles. The molecular formula is C29H40ClN3O3. The van der Waals surface area contributed by atoms with Crippen LogP contribution in [-0.4, -0.2) is 68.7 Å². The van der Waals surface area contributed by atoms with E-state index in [1.807, 2.05) is 13.1 Å². The van der Waals surface area contributed by atoms with Crippen LogP contribution in [0.15, 0.2) is 30.3 Å². The largest absolute Gasteiger partial charge is 0.495 e. The number of amides is 1. The molecule has 2 saturated heterocycles.